The second-order valence-electron chi connectivity index (χ2n) is 4.81. The van der Waals surface area contributed by atoms with E-state index in [1.54, 1.807) is 6.07 Å². The number of rotatable bonds is 4. The van der Waals surface area contributed by atoms with Gasteiger partial charge in [-0.15, -0.1) is 0 Å². The highest BCUT2D eigenvalue weighted by atomic mass is 16.7. The Hall–Kier alpha value is -3.29. The van der Waals surface area contributed by atoms with E-state index in [4.69, 9.17) is 18.5 Å². The van der Waals surface area contributed by atoms with Crippen LogP contribution >= 0.6 is 0 Å². The Labute approximate surface area is 130 Å². The molecule has 0 aliphatic carbocycles. The zero-order chi connectivity index (χ0) is 15.6. The molecular weight excluding hydrogens is 302 g/mol. The van der Waals surface area contributed by atoms with Gasteiger partial charge in [0.1, 0.15) is 5.69 Å². The Morgan fingerprint density at radius 1 is 1.13 bits per heavy atom. The predicted molar refractivity (Wildman–Crippen MR) is 75.7 cm³/mol. The molecule has 3 heterocycles. The summed E-state index contributed by atoms with van der Waals surface area (Å²) in [5, 5.41) is 10.1. The number of benzene rings is 1. The molecule has 0 unspecified atom stereocenters. The first-order valence-corrected chi connectivity index (χ1v) is 6.84. The number of nitrogens with one attached hydrogen (secondary N) is 1. The van der Waals surface area contributed by atoms with Crippen LogP contribution in [0, 0.1) is 0 Å². The van der Waals surface area contributed by atoms with Gasteiger partial charge in [0.15, 0.2) is 17.3 Å². The number of fused-ring (bicyclic) bond motifs is 1. The van der Waals surface area contributed by atoms with Gasteiger partial charge in [-0.25, -0.2) is 0 Å². The quantitative estimate of drug-likeness (QED) is 0.786. The van der Waals surface area contributed by atoms with Gasteiger partial charge in [0.2, 0.25) is 12.6 Å². The molecular formula is C15H11N3O5. The first kappa shape index (κ1) is 13.4. The summed E-state index contributed by atoms with van der Waals surface area (Å²) in [6.07, 6.45) is 1.41. The maximum Gasteiger partial charge on any atom is 0.290 e. The van der Waals surface area contributed by atoms with E-state index in [-0.39, 0.29) is 25.0 Å². The molecule has 1 aromatic carbocycles. The minimum Gasteiger partial charge on any atom is -0.454 e. The second-order valence-corrected chi connectivity index (χ2v) is 4.81. The molecule has 0 radical (unpaired) electrons. The highest BCUT2D eigenvalue weighted by molar-refractivity contribution is 5.91. The molecule has 4 rings (SSSR count). The number of nitrogens with zero attached hydrogens (tertiary/aromatic N) is 2. The first-order valence-electron chi connectivity index (χ1n) is 6.84. The Morgan fingerprint density at radius 3 is 2.91 bits per heavy atom. The van der Waals surface area contributed by atoms with Crippen LogP contribution in [-0.2, 0) is 6.54 Å². The van der Waals surface area contributed by atoms with Gasteiger partial charge < -0.3 is 23.8 Å². The van der Waals surface area contributed by atoms with Gasteiger partial charge >= 0.3 is 0 Å². The van der Waals surface area contributed by atoms with Crippen LogP contribution in [0.25, 0.3) is 11.3 Å². The van der Waals surface area contributed by atoms with Crippen molar-refractivity contribution in [2.45, 2.75) is 6.54 Å². The van der Waals surface area contributed by atoms with Gasteiger partial charge in [0, 0.05) is 17.7 Å². The molecule has 0 bridgehead atoms. The van der Waals surface area contributed by atoms with Crippen molar-refractivity contribution >= 4 is 5.91 Å². The van der Waals surface area contributed by atoms with Crippen molar-refractivity contribution < 1.29 is 23.3 Å². The standard InChI is InChI=1S/C15H11N3O5/c19-15(12-3-4-17-22-12)16-7-10-6-13(23-18-10)9-1-2-11-14(5-9)21-8-20-11/h1-6H,7-8H2,(H,16,19). The third kappa shape index (κ3) is 2.61. The third-order valence-electron chi connectivity index (χ3n) is 3.31. The number of ether oxygens (including phenoxy) is 2. The molecule has 0 spiro atoms. The summed E-state index contributed by atoms with van der Waals surface area (Å²) in [5.41, 5.74) is 1.40. The zero-order valence-electron chi connectivity index (χ0n) is 11.8. The fourth-order valence-electron chi connectivity index (χ4n) is 2.17. The zero-order valence-corrected chi connectivity index (χ0v) is 11.8. The van der Waals surface area contributed by atoms with Crippen LogP contribution in [-0.4, -0.2) is 23.0 Å². The number of aromatic nitrogens is 2. The number of carbonyl (C=O) groups is 1. The Bertz CT molecular complexity index is 841. The van der Waals surface area contributed by atoms with E-state index >= 15 is 0 Å². The van der Waals surface area contributed by atoms with E-state index < -0.39 is 0 Å². The van der Waals surface area contributed by atoms with Gasteiger partial charge in [-0.05, 0) is 18.2 Å². The van der Waals surface area contributed by atoms with Gasteiger partial charge in [-0.3, -0.25) is 4.79 Å². The summed E-state index contributed by atoms with van der Waals surface area (Å²) in [6.45, 7) is 0.432. The van der Waals surface area contributed by atoms with Crippen molar-refractivity contribution in [3.63, 3.8) is 0 Å². The summed E-state index contributed by atoms with van der Waals surface area (Å²) in [6, 6.07) is 8.71. The molecule has 3 aromatic rings. The van der Waals surface area contributed by atoms with Gasteiger partial charge in [-0.2, -0.15) is 0 Å². The molecule has 0 saturated heterocycles. The molecule has 1 amide bonds. The maximum atomic E-state index is 11.8. The number of hydrogen-bond acceptors (Lipinski definition) is 7. The summed E-state index contributed by atoms with van der Waals surface area (Å²) >= 11 is 0. The molecule has 0 atom stereocenters. The van der Waals surface area contributed by atoms with Crippen molar-refractivity contribution in [1.82, 2.24) is 15.6 Å². The van der Waals surface area contributed by atoms with Crippen LogP contribution in [0.4, 0.5) is 0 Å². The largest absolute Gasteiger partial charge is 0.454 e. The van der Waals surface area contributed by atoms with E-state index in [1.807, 2.05) is 18.2 Å². The topological polar surface area (TPSA) is 99.6 Å². The van der Waals surface area contributed by atoms with E-state index in [0.717, 1.165) is 5.56 Å². The lowest BCUT2D eigenvalue weighted by Gasteiger charge is -1.98. The minimum atomic E-state index is -0.366. The molecule has 0 saturated carbocycles. The molecule has 8 nitrogen and oxygen atoms in total. The van der Waals surface area contributed by atoms with Gasteiger partial charge in [-0.1, -0.05) is 10.3 Å². The first-order chi connectivity index (χ1) is 11.3. The summed E-state index contributed by atoms with van der Waals surface area (Å²) in [7, 11) is 0. The summed E-state index contributed by atoms with van der Waals surface area (Å²) < 4.78 is 20.7. The summed E-state index contributed by atoms with van der Waals surface area (Å²) in [4.78, 5) is 11.8. The fraction of sp³-hybridized carbons (Fsp3) is 0.133. The van der Waals surface area contributed by atoms with Gasteiger partial charge in [0.25, 0.3) is 5.91 Å². The lowest BCUT2D eigenvalue weighted by atomic mass is 10.1. The molecule has 2 aromatic heterocycles. The Balaban J connectivity index is 1.45. The normalized spacial score (nSPS) is 12.3. The molecule has 8 heteroatoms. The SMILES string of the molecule is O=C(NCc1cc(-c2ccc3c(c2)OCO3)on1)c1ccno1. The van der Waals surface area contributed by atoms with Crippen molar-refractivity contribution in [2.75, 3.05) is 6.79 Å². The fourth-order valence-corrected chi connectivity index (χ4v) is 2.17. The van der Waals surface area contributed by atoms with Gasteiger partial charge in [0.05, 0.1) is 12.7 Å². The minimum absolute atomic E-state index is 0.143. The molecule has 1 N–H and O–H groups in total. The van der Waals surface area contributed by atoms with Crippen molar-refractivity contribution in [2.24, 2.45) is 0 Å². The molecule has 1 aliphatic heterocycles. The van der Waals surface area contributed by atoms with E-state index in [0.29, 0.717) is 23.0 Å². The maximum absolute atomic E-state index is 11.8. The summed E-state index contributed by atoms with van der Waals surface area (Å²) in [5.74, 6) is 1.72. The van der Waals surface area contributed by atoms with Crippen LogP contribution < -0.4 is 14.8 Å². The molecule has 1 aliphatic rings. The highest BCUT2D eigenvalue weighted by Gasteiger charge is 2.16. The van der Waals surface area contributed by atoms with Crippen LogP contribution in [0.5, 0.6) is 11.5 Å². The molecule has 0 fully saturated rings. The Kier molecular flexibility index (Phi) is 3.19. The predicted octanol–water partition coefficient (Wildman–Crippen LogP) is 1.99. The number of carbonyl (C=O) groups excluding carboxylic acids is 1. The van der Waals surface area contributed by atoms with Crippen LogP contribution in [0.2, 0.25) is 0 Å². The van der Waals surface area contributed by atoms with Crippen LogP contribution in [0.3, 0.4) is 0 Å². The lowest BCUT2D eigenvalue weighted by molar-refractivity contribution is 0.0913. The number of hydrogen-bond donors (Lipinski definition) is 1. The smallest absolute Gasteiger partial charge is 0.290 e. The Morgan fingerprint density at radius 2 is 2.04 bits per heavy atom. The van der Waals surface area contributed by atoms with E-state index in [9.17, 15) is 4.79 Å². The third-order valence-corrected chi connectivity index (χ3v) is 3.31. The lowest BCUT2D eigenvalue weighted by Crippen LogP contribution is -2.22. The van der Waals surface area contributed by atoms with Crippen LogP contribution in [0.15, 0.2) is 45.6 Å². The average molecular weight is 313 g/mol. The monoisotopic (exact) mass is 313 g/mol. The molecule has 116 valence electrons. The second kappa shape index (κ2) is 5.48. The average Bonchev–Trinajstić information content (AvgIpc) is 3.32. The number of amides is 1. The van der Waals surface area contributed by atoms with E-state index in [1.165, 1.54) is 12.3 Å². The van der Waals surface area contributed by atoms with E-state index in [2.05, 4.69) is 15.6 Å². The van der Waals surface area contributed by atoms with Crippen molar-refractivity contribution in [3.05, 3.63) is 48.0 Å². The highest BCUT2D eigenvalue weighted by Crippen LogP contribution is 2.35. The molecule has 23 heavy (non-hydrogen) atoms. The van der Waals surface area contributed by atoms with Crippen LogP contribution in [0.1, 0.15) is 16.2 Å². The van der Waals surface area contributed by atoms with Crippen molar-refractivity contribution in [1.29, 1.82) is 0 Å². The van der Waals surface area contributed by atoms with Crippen molar-refractivity contribution in [3.8, 4) is 22.8 Å².